The summed E-state index contributed by atoms with van der Waals surface area (Å²) in [6.07, 6.45) is 5.12. The van der Waals surface area contributed by atoms with Crippen LogP contribution in [0.25, 0.3) is 0 Å². The zero-order valence-corrected chi connectivity index (χ0v) is 18.8. The first-order chi connectivity index (χ1) is 15.0. The van der Waals surface area contributed by atoms with Crippen molar-refractivity contribution in [3.63, 3.8) is 0 Å². The van der Waals surface area contributed by atoms with E-state index >= 15 is 0 Å². The van der Waals surface area contributed by atoms with E-state index in [-0.39, 0.29) is 18.4 Å². The molecule has 0 saturated carbocycles. The number of amides is 3. The Hall–Kier alpha value is -2.58. The topological polar surface area (TPSA) is 91.4 Å². The van der Waals surface area contributed by atoms with E-state index < -0.39 is 11.8 Å². The maximum atomic E-state index is 12.8. The first kappa shape index (κ1) is 23.1. The lowest BCUT2D eigenvalue weighted by molar-refractivity contribution is -0.139. The van der Waals surface area contributed by atoms with Gasteiger partial charge in [-0.25, -0.2) is 4.98 Å². The summed E-state index contributed by atoms with van der Waals surface area (Å²) in [5.41, 5.74) is 1.37. The molecule has 31 heavy (non-hydrogen) atoms. The van der Waals surface area contributed by atoms with Crippen LogP contribution in [0.4, 0.5) is 0 Å². The summed E-state index contributed by atoms with van der Waals surface area (Å²) >= 11 is 7.51. The van der Waals surface area contributed by atoms with Crippen LogP contribution >= 0.6 is 23.4 Å². The van der Waals surface area contributed by atoms with Gasteiger partial charge in [0.2, 0.25) is 0 Å². The van der Waals surface area contributed by atoms with Gasteiger partial charge in [-0.15, -0.1) is 11.8 Å². The van der Waals surface area contributed by atoms with Crippen LogP contribution in [0.2, 0.25) is 5.02 Å². The van der Waals surface area contributed by atoms with Crippen LogP contribution in [0.5, 0.6) is 0 Å². The Labute approximate surface area is 190 Å². The van der Waals surface area contributed by atoms with E-state index in [2.05, 4.69) is 15.6 Å². The van der Waals surface area contributed by atoms with Crippen LogP contribution < -0.4 is 10.6 Å². The molecule has 0 spiro atoms. The molecule has 0 aliphatic carbocycles. The van der Waals surface area contributed by atoms with Crippen LogP contribution in [0.1, 0.15) is 28.8 Å². The molecule has 1 aliphatic heterocycles. The van der Waals surface area contributed by atoms with Gasteiger partial charge in [-0.1, -0.05) is 29.8 Å². The van der Waals surface area contributed by atoms with E-state index in [1.54, 1.807) is 36.5 Å². The first-order valence-electron chi connectivity index (χ1n) is 10.1. The van der Waals surface area contributed by atoms with Crippen LogP contribution in [0.15, 0.2) is 47.6 Å². The molecule has 1 fully saturated rings. The maximum absolute atomic E-state index is 12.8. The van der Waals surface area contributed by atoms with Crippen molar-refractivity contribution in [1.82, 2.24) is 20.5 Å². The van der Waals surface area contributed by atoms with Crippen molar-refractivity contribution in [2.24, 2.45) is 5.92 Å². The smallest absolute Gasteiger partial charge is 0.309 e. The third-order valence-electron chi connectivity index (χ3n) is 5.25. The van der Waals surface area contributed by atoms with Gasteiger partial charge in [-0.3, -0.25) is 14.4 Å². The Kier molecular flexibility index (Phi) is 8.31. The predicted molar refractivity (Wildman–Crippen MR) is 121 cm³/mol. The summed E-state index contributed by atoms with van der Waals surface area (Å²) in [4.78, 5) is 43.0. The highest BCUT2D eigenvalue weighted by atomic mass is 35.5. The van der Waals surface area contributed by atoms with Crippen molar-refractivity contribution in [3.8, 4) is 0 Å². The van der Waals surface area contributed by atoms with Gasteiger partial charge >= 0.3 is 11.8 Å². The van der Waals surface area contributed by atoms with Crippen LogP contribution in [0.3, 0.4) is 0 Å². The number of carbonyl (C=O) groups is 3. The zero-order valence-electron chi connectivity index (χ0n) is 17.3. The number of halogens is 1. The molecule has 2 N–H and O–H groups in total. The molecule has 1 aliphatic rings. The Morgan fingerprint density at radius 1 is 1.10 bits per heavy atom. The molecule has 1 saturated heterocycles. The number of likely N-dealkylation sites (tertiary alicyclic amines) is 1. The number of carbonyl (C=O) groups excluding carboxylic acids is 3. The van der Waals surface area contributed by atoms with Gasteiger partial charge in [0, 0.05) is 37.4 Å². The van der Waals surface area contributed by atoms with Crippen molar-refractivity contribution in [2.75, 3.05) is 25.9 Å². The summed E-state index contributed by atoms with van der Waals surface area (Å²) in [6.45, 7) is 1.82. The second kappa shape index (κ2) is 11.2. The Morgan fingerprint density at radius 3 is 2.52 bits per heavy atom. The van der Waals surface area contributed by atoms with Crippen LogP contribution in [-0.4, -0.2) is 53.5 Å². The molecule has 164 valence electrons. The van der Waals surface area contributed by atoms with E-state index in [4.69, 9.17) is 11.6 Å². The SMILES string of the molecule is CSc1ncccc1C(=O)N1CCC(CNC(=O)C(=O)NCc2ccccc2Cl)CC1. The third-order valence-corrected chi connectivity index (χ3v) is 6.33. The van der Waals surface area contributed by atoms with Crippen molar-refractivity contribution >= 4 is 41.1 Å². The van der Waals surface area contributed by atoms with E-state index in [9.17, 15) is 14.4 Å². The molecule has 7 nitrogen and oxygen atoms in total. The van der Waals surface area contributed by atoms with Gasteiger partial charge in [0.05, 0.1) is 5.56 Å². The molecule has 0 atom stereocenters. The quantitative estimate of drug-likeness (QED) is 0.511. The number of nitrogens with one attached hydrogen (secondary N) is 2. The van der Waals surface area contributed by atoms with Gasteiger partial charge in [0.25, 0.3) is 5.91 Å². The molecular formula is C22H25ClN4O3S. The van der Waals surface area contributed by atoms with Crippen molar-refractivity contribution < 1.29 is 14.4 Å². The molecule has 2 heterocycles. The second-order valence-corrected chi connectivity index (χ2v) is 8.48. The minimum absolute atomic E-state index is 0.0149. The number of thioether (sulfide) groups is 1. The van der Waals surface area contributed by atoms with E-state index in [0.717, 1.165) is 23.4 Å². The standard InChI is InChI=1S/C22H25ClN4O3S/c1-31-21-17(6-4-10-24-21)22(30)27-11-8-15(9-12-27)13-25-19(28)20(29)26-14-16-5-2-3-7-18(16)23/h2-7,10,15H,8-9,11-14H2,1H3,(H,25,28)(H,26,29). The van der Waals surface area contributed by atoms with E-state index in [1.165, 1.54) is 11.8 Å². The van der Waals surface area contributed by atoms with Gasteiger partial charge in [-0.2, -0.15) is 0 Å². The lowest BCUT2D eigenvalue weighted by Gasteiger charge is -2.32. The number of nitrogens with zero attached hydrogens (tertiary/aromatic N) is 2. The largest absolute Gasteiger partial charge is 0.348 e. The summed E-state index contributed by atoms with van der Waals surface area (Å²) in [5, 5.41) is 6.55. The maximum Gasteiger partial charge on any atom is 0.309 e. The molecule has 1 aromatic carbocycles. The summed E-state index contributed by atoms with van der Waals surface area (Å²) in [7, 11) is 0. The van der Waals surface area contributed by atoms with E-state index in [1.807, 2.05) is 17.2 Å². The Bertz CT molecular complexity index is 948. The third kappa shape index (κ3) is 6.21. The Balaban J connectivity index is 1.41. The van der Waals surface area contributed by atoms with Gasteiger partial charge in [0.1, 0.15) is 5.03 Å². The molecule has 2 aromatic rings. The summed E-state index contributed by atoms with van der Waals surface area (Å²) in [6, 6.07) is 10.7. The molecule has 3 rings (SSSR count). The number of rotatable bonds is 6. The predicted octanol–water partition coefficient (Wildman–Crippen LogP) is 2.74. The van der Waals surface area contributed by atoms with Gasteiger partial charge < -0.3 is 15.5 Å². The molecule has 1 aromatic heterocycles. The first-order valence-corrected chi connectivity index (χ1v) is 11.7. The number of hydrogen-bond acceptors (Lipinski definition) is 5. The van der Waals surface area contributed by atoms with Crippen molar-refractivity contribution in [3.05, 3.63) is 58.7 Å². The number of aromatic nitrogens is 1. The molecule has 9 heteroatoms. The van der Waals surface area contributed by atoms with Crippen molar-refractivity contribution in [1.29, 1.82) is 0 Å². The highest BCUT2D eigenvalue weighted by Gasteiger charge is 2.26. The molecular weight excluding hydrogens is 436 g/mol. The zero-order chi connectivity index (χ0) is 22.2. The molecule has 0 unspecified atom stereocenters. The molecule has 0 bridgehead atoms. The number of piperidine rings is 1. The number of benzene rings is 1. The van der Waals surface area contributed by atoms with Gasteiger partial charge in [0.15, 0.2) is 0 Å². The summed E-state index contributed by atoms with van der Waals surface area (Å²) in [5.74, 6) is -1.14. The monoisotopic (exact) mass is 460 g/mol. The minimum atomic E-state index is -0.686. The lowest BCUT2D eigenvalue weighted by atomic mass is 9.96. The fraction of sp³-hybridized carbons (Fsp3) is 0.364. The second-order valence-electron chi connectivity index (χ2n) is 7.28. The van der Waals surface area contributed by atoms with Crippen LogP contribution in [0, 0.1) is 5.92 Å². The normalized spacial score (nSPS) is 14.2. The fourth-order valence-corrected chi connectivity index (χ4v) is 4.19. The van der Waals surface area contributed by atoms with Crippen molar-refractivity contribution in [2.45, 2.75) is 24.4 Å². The van der Waals surface area contributed by atoms with Gasteiger partial charge in [-0.05, 0) is 48.8 Å². The Morgan fingerprint density at radius 2 is 1.81 bits per heavy atom. The minimum Gasteiger partial charge on any atom is -0.348 e. The number of pyridine rings is 1. The lowest BCUT2D eigenvalue weighted by Crippen LogP contribution is -2.44. The average molecular weight is 461 g/mol. The molecule has 3 amide bonds. The van der Waals surface area contributed by atoms with E-state index in [0.29, 0.717) is 30.2 Å². The molecule has 0 radical (unpaired) electrons. The fourth-order valence-electron chi connectivity index (χ4n) is 3.44. The average Bonchev–Trinajstić information content (AvgIpc) is 2.81. The highest BCUT2D eigenvalue weighted by molar-refractivity contribution is 7.98. The summed E-state index contributed by atoms with van der Waals surface area (Å²) < 4.78 is 0. The number of hydrogen-bond donors (Lipinski definition) is 2. The highest BCUT2D eigenvalue weighted by Crippen LogP contribution is 2.22. The van der Waals surface area contributed by atoms with Crippen LogP contribution in [-0.2, 0) is 16.1 Å².